The van der Waals surface area contributed by atoms with Crippen molar-refractivity contribution >= 4 is 23.4 Å². The first-order chi connectivity index (χ1) is 12.5. The second-order valence-corrected chi connectivity index (χ2v) is 7.19. The number of nitrogens with one attached hydrogen (secondary N) is 1. The van der Waals surface area contributed by atoms with Crippen molar-refractivity contribution in [2.45, 2.75) is 50.2 Å². The first-order valence-electron chi connectivity index (χ1n) is 8.45. The van der Waals surface area contributed by atoms with Crippen molar-refractivity contribution in [1.29, 1.82) is 0 Å². The zero-order valence-corrected chi connectivity index (χ0v) is 15.1. The van der Waals surface area contributed by atoms with Gasteiger partial charge in [-0.3, -0.25) is 4.79 Å². The van der Waals surface area contributed by atoms with Gasteiger partial charge in [-0.25, -0.2) is 13.2 Å². The third kappa shape index (κ3) is 4.03. The summed E-state index contributed by atoms with van der Waals surface area (Å²) in [5, 5.41) is 11.1. The standard InChI is InChI=1S/C17H19F3N4OS/c1-10-22-23-17(24(10)11-5-3-2-4-6-11)26-9-14(25)21-13-8-7-12(18)15(19)16(13)20/h7-8,11H,2-6,9H2,1H3,(H,21,25). The third-order valence-corrected chi connectivity index (χ3v) is 5.36. The van der Waals surface area contributed by atoms with Crippen LogP contribution >= 0.6 is 11.8 Å². The smallest absolute Gasteiger partial charge is 0.234 e. The van der Waals surface area contributed by atoms with Crippen LogP contribution in [0.4, 0.5) is 18.9 Å². The number of aryl methyl sites for hydroxylation is 1. The molecule has 3 rings (SSSR count). The van der Waals surface area contributed by atoms with Gasteiger partial charge in [0, 0.05) is 6.04 Å². The fourth-order valence-electron chi connectivity index (χ4n) is 3.15. The summed E-state index contributed by atoms with van der Waals surface area (Å²) in [5.41, 5.74) is -0.389. The van der Waals surface area contributed by atoms with Gasteiger partial charge < -0.3 is 9.88 Å². The Labute approximate surface area is 153 Å². The molecule has 1 aliphatic carbocycles. The predicted octanol–water partition coefficient (Wildman–Crippen LogP) is 4.24. The average molecular weight is 384 g/mol. The average Bonchev–Trinajstić information content (AvgIpc) is 3.02. The minimum absolute atomic E-state index is 0.0384. The third-order valence-electron chi connectivity index (χ3n) is 4.42. The second-order valence-electron chi connectivity index (χ2n) is 6.25. The first-order valence-corrected chi connectivity index (χ1v) is 9.43. The number of carbonyl (C=O) groups is 1. The van der Waals surface area contributed by atoms with E-state index in [-0.39, 0.29) is 11.4 Å². The maximum absolute atomic E-state index is 13.6. The largest absolute Gasteiger partial charge is 0.323 e. The van der Waals surface area contributed by atoms with Crippen LogP contribution in [0, 0.1) is 24.4 Å². The van der Waals surface area contributed by atoms with E-state index >= 15 is 0 Å². The summed E-state index contributed by atoms with van der Waals surface area (Å²) in [7, 11) is 0. The van der Waals surface area contributed by atoms with E-state index in [1.165, 1.54) is 18.2 Å². The maximum atomic E-state index is 13.6. The summed E-state index contributed by atoms with van der Waals surface area (Å²) < 4.78 is 41.9. The van der Waals surface area contributed by atoms with Crippen LogP contribution in [0.15, 0.2) is 17.3 Å². The van der Waals surface area contributed by atoms with E-state index in [1.54, 1.807) is 0 Å². The minimum atomic E-state index is -1.61. The van der Waals surface area contributed by atoms with Gasteiger partial charge in [-0.1, -0.05) is 31.0 Å². The molecule has 0 aliphatic heterocycles. The lowest BCUT2D eigenvalue weighted by Crippen LogP contribution is -2.18. The molecule has 5 nitrogen and oxygen atoms in total. The highest BCUT2D eigenvalue weighted by Crippen LogP contribution is 2.32. The Morgan fingerprint density at radius 2 is 1.92 bits per heavy atom. The molecule has 1 N–H and O–H groups in total. The fraction of sp³-hybridized carbons (Fsp3) is 0.471. The number of nitrogens with zero attached hydrogens (tertiary/aromatic N) is 3. The van der Waals surface area contributed by atoms with Crippen molar-refractivity contribution in [2.75, 3.05) is 11.1 Å². The summed E-state index contributed by atoms with van der Waals surface area (Å²) in [6.45, 7) is 1.88. The van der Waals surface area contributed by atoms with Crippen LogP contribution in [0.2, 0.25) is 0 Å². The van der Waals surface area contributed by atoms with Crippen molar-refractivity contribution in [3.63, 3.8) is 0 Å². The number of aromatic nitrogens is 3. The highest BCUT2D eigenvalue weighted by atomic mass is 32.2. The molecule has 0 radical (unpaired) electrons. The quantitative estimate of drug-likeness (QED) is 0.619. The minimum Gasteiger partial charge on any atom is -0.323 e. The van der Waals surface area contributed by atoms with Crippen molar-refractivity contribution in [2.24, 2.45) is 0 Å². The van der Waals surface area contributed by atoms with Gasteiger partial charge in [0.15, 0.2) is 22.6 Å². The molecule has 2 aromatic rings. The van der Waals surface area contributed by atoms with Gasteiger partial charge in [0.1, 0.15) is 5.82 Å². The molecule has 0 bridgehead atoms. The lowest BCUT2D eigenvalue weighted by molar-refractivity contribution is -0.113. The highest BCUT2D eigenvalue weighted by molar-refractivity contribution is 7.99. The van der Waals surface area contributed by atoms with Crippen molar-refractivity contribution in [1.82, 2.24) is 14.8 Å². The monoisotopic (exact) mass is 384 g/mol. The second kappa shape index (κ2) is 8.11. The van der Waals surface area contributed by atoms with Crippen molar-refractivity contribution in [3.8, 4) is 0 Å². The highest BCUT2D eigenvalue weighted by Gasteiger charge is 2.22. The van der Waals surface area contributed by atoms with Gasteiger partial charge in [0.25, 0.3) is 0 Å². The van der Waals surface area contributed by atoms with E-state index in [1.807, 2.05) is 6.92 Å². The SMILES string of the molecule is Cc1nnc(SCC(=O)Nc2ccc(F)c(F)c2F)n1C1CCCCC1. The molecule has 1 fully saturated rings. The Balaban J connectivity index is 1.64. The number of halogens is 3. The molecule has 0 atom stereocenters. The van der Waals surface area contributed by atoms with Crippen molar-refractivity contribution < 1.29 is 18.0 Å². The fourth-order valence-corrected chi connectivity index (χ4v) is 4.00. The maximum Gasteiger partial charge on any atom is 0.234 e. The summed E-state index contributed by atoms with van der Waals surface area (Å²) >= 11 is 1.19. The molecule has 1 aromatic heterocycles. The van der Waals surface area contributed by atoms with Crippen molar-refractivity contribution in [3.05, 3.63) is 35.4 Å². The van der Waals surface area contributed by atoms with Crippen LogP contribution in [0.3, 0.4) is 0 Å². The number of anilines is 1. The zero-order valence-electron chi connectivity index (χ0n) is 14.3. The molecule has 0 spiro atoms. The summed E-state index contributed by atoms with van der Waals surface area (Å²) in [4.78, 5) is 12.1. The van der Waals surface area contributed by atoms with Crippen LogP contribution in [-0.4, -0.2) is 26.4 Å². The Hall–Kier alpha value is -2.03. The number of benzene rings is 1. The number of hydrogen-bond acceptors (Lipinski definition) is 4. The van der Waals surface area contributed by atoms with Gasteiger partial charge in [0.05, 0.1) is 11.4 Å². The Morgan fingerprint density at radius 1 is 1.19 bits per heavy atom. The van der Waals surface area contributed by atoms with E-state index in [0.29, 0.717) is 11.2 Å². The van der Waals surface area contributed by atoms with Gasteiger partial charge in [-0.2, -0.15) is 0 Å². The van der Waals surface area contributed by atoms with Gasteiger partial charge in [-0.15, -0.1) is 10.2 Å². The lowest BCUT2D eigenvalue weighted by atomic mass is 9.95. The van der Waals surface area contributed by atoms with Gasteiger partial charge in [-0.05, 0) is 31.9 Å². The van der Waals surface area contributed by atoms with E-state index < -0.39 is 23.4 Å². The molecule has 1 amide bonds. The predicted molar refractivity (Wildman–Crippen MR) is 92.6 cm³/mol. The van der Waals surface area contributed by atoms with Crippen LogP contribution in [0.25, 0.3) is 0 Å². The summed E-state index contributed by atoms with van der Waals surface area (Å²) in [6.07, 6.45) is 5.64. The van der Waals surface area contributed by atoms with E-state index in [9.17, 15) is 18.0 Å². The molecular weight excluding hydrogens is 365 g/mol. The molecule has 1 aromatic carbocycles. The normalized spacial score (nSPS) is 15.2. The molecule has 26 heavy (non-hydrogen) atoms. The van der Waals surface area contributed by atoms with Crippen LogP contribution in [-0.2, 0) is 4.79 Å². The molecule has 1 heterocycles. The Morgan fingerprint density at radius 3 is 2.65 bits per heavy atom. The zero-order chi connectivity index (χ0) is 18.7. The summed E-state index contributed by atoms with van der Waals surface area (Å²) in [5.74, 6) is -4.09. The lowest BCUT2D eigenvalue weighted by Gasteiger charge is -2.24. The molecule has 1 aliphatic rings. The number of carbonyl (C=O) groups excluding carboxylic acids is 1. The molecule has 0 unspecified atom stereocenters. The molecule has 140 valence electrons. The van der Waals surface area contributed by atoms with Crippen LogP contribution in [0.1, 0.15) is 44.0 Å². The first kappa shape index (κ1) is 18.8. The van der Waals surface area contributed by atoms with Gasteiger partial charge in [0.2, 0.25) is 5.91 Å². The topological polar surface area (TPSA) is 59.8 Å². The summed E-state index contributed by atoms with van der Waals surface area (Å²) in [6, 6.07) is 2.09. The number of hydrogen-bond donors (Lipinski definition) is 1. The van der Waals surface area contributed by atoms with E-state index in [2.05, 4.69) is 20.1 Å². The Bertz CT molecular complexity index is 806. The molecule has 0 saturated heterocycles. The van der Waals surface area contributed by atoms with Crippen LogP contribution < -0.4 is 5.32 Å². The van der Waals surface area contributed by atoms with E-state index in [0.717, 1.165) is 43.6 Å². The molecular formula is C17H19F3N4OS. The Kier molecular flexibility index (Phi) is 5.85. The van der Waals surface area contributed by atoms with Gasteiger partial charge >= 0.3 is 0 Å². The number of amides is 1. The van der Waals surface area contributed by atoms with E-state index in [4.69, 9.17) is 0 Å². The molecule has 9 heteroatoms. The number of thioether (sulfide) groups is 1. The number of rotatable bonds is 5. The molecule has 1 saturated carbocycles. The van der Waals surface area contributed by atoms with Crippen LogP contribution in [0.5, 0.6) is 0 Å².